The van der Waals surface area contributed by atoms with Gasteiger partial charge in [-0.2, -0.15) is 0 Å². The van der Waals surface area contributed by atoms with Gasteiger partial charge in [0.25, 0.3) is 0 Å². The number of hydrogen-bond acceptors (Lipinski definition) is 5. The second-order valence-electron chi connectivity index (χ2n) is 2.89. The van der Waals surface area contributed by atoms with Crippen LogP contribution in [-0.2, 0) is 9.47 Å². The normalized spacial score (nSPS) is 46.4. The lowest BCUT2D eigenvalue weighted by molar-refractivity contribution is -0.268. The van der Waals surface area contributed by atoms with Gasteiger partial charge in [0.1, 0.15) is 24.4 Å². The van der Waals surface area contributed by atoms with Gasteiger partial charge >= 0.3 is 0 Å². The smallest absolute Gasteiger partial charge is 0.228 e. The van der Waals surface area contributed by atoms with Crippen molar-refractivity contribution in [2.45, 2.75) is 30.8 Å². The van der Waals surface area contributed by atoms with Gasteiger partial charge in [-0.1, -0.05) is 0 Å². The Morgan fingerprint density at radius 2 is 2.00 bits per heavy atom. The van der Waals surface area contributed by atoms with Crippen LogP contribution >= 0.6 is 0 Å². The van der Waals surface area contributed by atoms with Crippen LogP contribution in [0.3, 0.4) is 0 Å². The maximum atomic E-state index is 13.0. The van der Waals surface area contributed by atoms with Crippen LogP contribution in [0.25, 0.3) is 0 Å². The summed E-state index contributed by atoms with van der Waals surface area (Å²) >= 11 is 0. The number of halogens is 1. The van der Waals surface area contributed by atoms with Gasteiger partial charge in [0.15, 0.2) is 0 Å². The molecular formula is C7H13FO5. The first kappa shape index (κ1) is 10.8. The average molecular weight is 196 g/mol. The molecule has 1 heterocycles. The minimum absolute atomic E-state index is 0.547. The molecule has 0 aliphatic carbocycles. The molecule has 3 N–H and O–H groups in total. The van der Waals surface area contributed by atoms with Gasteiger partial charge in [-0.05, 0) is 0 Å². The molecule has 13 heavy (non-hydrogen) atoms. The zero-order valence-electron chi connectivity index (χ0n) is 7.13. The first-order valence-corrected chi connectivity index (χ1v) is 3.91. The van der Waals surface area contributed by atoms with Crippen LogP contribution in [0, 0.1) is 0 Å². The molecule has 1 fully saturated rings. The topological polar surface area (TPSA) is 79.2 Å². The lowest BCUT2D eigenvalue weighted by Gasteiger charge is -2.38. The molecule has 78 valence electrons. The van der Waals surface area contributed by atoms with Crippen molar-refractivity contribution >= 4 is 0 Å². The van der Waals surface area contributed by atoms with E-state index in [1.54, 1.807) is 0 Å². The Morgan fingerprint density at radius 1 is 1.38 bits per heavy atom. The Morgan fingerprint density at radius 3 is 2.46 bits per heavy atom. The van der Waals surface area contributed by atoms with Crippen LogP contribution in [0.2, 0.25) is 0 Å². The molecule has 0 aromatic heterocycles. The van der Waals surface area contributed by atoms with Crippen molar-refractivity contribution in [2.75, 3.05) is 13.7 Å². The summed E-state index contributed by atoms with van der Waals surface area (Å²) in [6, 6.07) is 0. The maximum Gasteiger partial charge on any atom is 0.228 e. The predicted molar refractivity (Wildman–Crippen MR) is 39.7 cm³/mol. The molecule has 0 aromatic rings. The maximum absolute atomic E-state index is 13.0. The Labute approximate surface area is 74.7 Å². The van der Waals surface area contributed by atoms with Gasteiger partial charge in [0.2, 0.25) is 6.36 Å². The molecule has 0 amide bonds. The SMILES string of the molecule is CO[C@@H]1[C@@H](O)[C@H](O)[C@@H](CO)O[C@H]1F. The summed E-state index contributed by atoms with van der Waals surface area (Å²) in [6.45, 7) is -0.547. The molecule has 0 radical (unpaired) electrons. The number of rotatable bonds is 2. The molecule has 0 bridgehead atoms. The highest BCUT2D eigenvalue weighted by Crippen LogP contribution is 2.23. The lowest BCUT2D eigenvalue weighted by Crippen LogP contribution is -2.57. The van der Waals surface area contributed by atoms with E-state index in [1.165, 1.54) is 7.11 Å². The Kier molecular flexibility index (Phi) is 3.57. The fourth-order valence-corrected chi connectivity index (χ4v) is 1.29. The summed E-state index contributed by atoms with van der Waals surface area (Å²) in [6.07, 6.45) is -6.86. The van der Waals surface area contributed by atoms with E-state index >= 15 is 0 Å². The zero-order chi connectivity index (χ0) is 10.0. The highest BCUT2D eigenvalue weighted by molar-refractivity contribution is 4.89. The van der Waals surface area contributed by atoms with Crippen LogP contribution in [-0.4, -0.2) is 59.8 Å². The van der Waals surface area contributed by atoms with Crippen molar-refractivity contribution in [2.24, 2.45) is 0 Å². The third-order valence-corrected chi connectivity index (χ3v) is 2.08. The summed E-state index contributed by atoms with van der Waals surface area (Å²) in [5.41, 5.74) is 0. The number of ether oxygens (including phenoxy) is 2. The summed E-state index contributed by atoms with van der Waals surface area (Å²) in [5, 5.41) is 27.2. The van der Waals surface area contributed by atoms with Crippen molar-refractivity contribution < 1.29 is 29.2 Å². The summed E-state index contributed by atoms with van der Waals surface area (Å²) in [5.74, 6) is 0. The monoisotopic (exact) mass is 196 g/mol. The molecule has 5 atom stereocenters. The number of alkyl halides is 1. The molecule has 0 aromatic carbocycles. The number of hydrogen-bond donors (Lipinski definition) is 3. The minimum Gasteiger partial charge on any atom is -0.394 e. The number of aliphatic hydroxyl groups is 3. The quantitative estimate of drug-likeness (QED) is 0.496. The molecule has 1 aliphatic heterocycles. The zero-order valence-corrected chi connectivity index (χ0v) is 7.13. The summed E-state index contributed by atoms with van der Waals surface area (Å²) in [4.78, 5) is 0. The van der Waals surface area contributed by atoms with E-state index in [-0.39, 0.29) is 0 Å². The molecule has 1 saturated heterocycles. The fourth-order valence-electron chi connectivity index (χ4n) is 1.29. The summed E-state index contributed by atoms with van der Waals surface area (Å²) < 4.78 is 22.1. The third-order valence-electron chi connectivity index (χ3n) is 2.08. The first-order chi connectivity index (χ1) is 6.11. The van der Waals surface area contributed by atoms with E-state index in [9.17, 15) is 14.6 Å². The molecule has 1 rings (SSSR count). The molecule has 0 unspecified atom stereocenters. The van der Waals surface area contributed by atoms with Crippen LogP contribution < -0.4 is 0 Å². The fraction of sp³-hybridized carbons (Fsp3) is 1.00. The number of methoxy groups -OCH3 is 1. The van der Waals surface area contributed by atoms with Crippen molar-refractivity contribution in [3.05, 3.63) is 0 Å². The second kappa shape index (κ2) is 4.30. The van der Waals surface area contributed by atoms with Crippen molar-refractivity contribution in [1.82, 2.24) is 0 Å². The van der Waals surface area contributed by atoms with Gasteiger partial charge in [0, 0.05) is 7.11 Å². The molecule has 0 spiro atoms. The van der Waals surface area contributed by atoms with Crippen molar-refractivity contribution in [3.8, 4) is 0 Å². The van der Waals surface area contributed by atoms with Gasteiger partial charge in [-0.25, -0.2) is 4.39 Å². The third kappa shape index (κ3) is 1.97. The Hall–Kier alpha value is -0.270. The highest BCUT2D eigenvalue weighted by Gasteiger charge is 2.44. The Bertz CT molecular complexity index is 167. The van der Waals surface area contributed by atoms with Gasteiger partial charge in [0.05, 0.1) is 6.61 Å². The molecular weight excluding hydrogens is 183 g/mol. The van der Waals surface area contributed by atoms with E-state index < -0.39 is 37.4 Å². The van der Waals surface area contributed by atoms with E-state index in [0.717, 1.165) is 0 Å². The van der Waals surface area contributed by atoms with Gasteiger partial charge in [-0.15, -0.1) is 0 Å². The van der Waals surface area contributed by atoms with Crippen LogP contribution in [0.15, 0.2) is 0 Å². The second-order valence-corrected chi connectivity index (χ2v) is 2.89. The van der Waals surface area contributed by atoms with Crippen molar-refractivity contribution in [3.63, 3.8) is 0 Å². The average Bonchev–Trinajstić information content (AvgIpc) is 2.12. The molecule has 5 nitrogen and oxygen atoms in total. The van der Waals surface area contributed by atoms with Gasteiger partial charge < -0.3 is 24.8 Å². The minimum atomic E-state index is -1.83. The molecule has 6 heteroatoms. The van der Waals surface area contributed by atoms with E-state index in [1.807, 2.05) is 0 Å². The van der Waals surface area contributed by atoms with E-state index in [2.05, 4.69) is 9.47 Å². The lowest BCUT2D eigenvalue weighted by atomic mass is 10.00. The standard InChI is InChI=1S/C7H13FO5/c1-12-6-5(11)4(10)3(2-9)13-7(6)8/h3-7,9-11H,2H2,1H3/t3-,4-,5+,6-,7-/m1/s1. The van der Waals surface area contributed by atoms with Gasteiger partial charge in [-0.3, -0.25) is 0 Å². The predicted octanol–water partition coefficient (Wildman–Crippen LogP) is -1.59. The summed E-state index contributed by atoms with van der Waals surface area (Å²) in [7, 11) is 1.20. The van der Waals surface area contributed by atoms with E-state index in [4.69, 9.17) is 5.11 Å². The van der Waals surface area contributed by atoms with Crippen LogP contribution in [0.4, 0.5) is 4.39 Å². The van der Waals surface area contributed by atoms with E-state index in [0.29, 0.717) is 0 Å². The largest absolute Gasteiger partial charge is 0.394 e. The molecule has 1 aliphatic rings. The van der Waals surface area contributed by atoms with Crippen molar-refractivity contribution in [1.29, 1.82) is 0 Å². The van der Waals surface area contributed by atoms with Crippen LogP contribution in [0.5, 0.6) is 0 Å². The van der Waals surface area contributed by atoms with Crippen LogP contribution in [0.1, 0.15) is 0 Å². The highest BCUT2D eigenvalue weighted by atomic mass is 19.1. The Balaban J connectivity index is 2.66. The first-order valence-electron chi connectivity index (χ1n) is 3.91. The number of aliphatic hydroxyl groups excluding tert-OH is 3. The molecule has 0 saturated carbocycles.